The lowest BCUT2D eigenvalue weighted by atomic mass is 10.1. The quantitative estimate of drug-likeness (QED) is 0.688. The zero-order valence-corrected chi connectivity index (χ0v) is 9.30. The van der Waals surface area contributed by atoms with Gasteiger partial charge in [0.1, 0.15) is 0 Å². The Morgan fingerprint density at radius 1 is 1.29 bits per heavy atom. The van der Waals surface area contributed by atoms with Crippen molar-refractivity contribution in [1.82, 2.24) is 0 Å². The van der Waals surface area contributed by atoms with Crippen molar-refractivity contribution in [2.24, 2.45) is 0 Å². The summed E-state index contributed by atoms with van der Waals surface area (Å²) in [6.45, 7) is 10.0. The lowest BCUT2D eigenvalue weighted by Gasteiger charge is -2.01. The maximum absolute atomic E-state index is 5.66. The number of anilines is 1. The molecule has 1 aromatic carbocycles. The molecule has 0 bridgehead atoms. The van der Waals surface area contributed by atoms with E-state index in [1.54, 1.807) is 0 Å². The van der Waals surface area contributed by atoms with Gasteiger partial charge in [-0.25, -0.2) is 0 Å². The van der Waals surface area contributed by atoms with Crippen LogP contribution in [0.25, 0.3) is 5.57 Å². The van der Waals surface area contributed by atoms with Crippen LogP contribution in [0.1, 0.15) is 32.8 Å². The molecule has 14 heavy (non-hydrogen) atoms. The maximum atomic E-state index is 5.66. The molecule has 0 atom stereocenters. The molecule has 0 radical (unpaired) electrons. The molecule has 0 saturated heterocycles. The lowest BCUT2D eigenvalue weighted by Crippen LogP contribution is -1.89. The number of benzene rings is 1. The van der Waals surface area contributed by atoms with E-state index in [1.807, 2.05) is 31.2 Å². The van der Waals surface area contributed by atoms with Crippen molar-refractivity contribution < 1.29 is 5.48 Å². The second-order valence-corrected chi connectivity index (χ2v) is 3.07. The van der Waals surface area contributed by atoms with E-state index in [4.69, 9.17) is 5.73 Å². The second-order valence-electron chi connectivity index (χ2n) is 3.07. The monoisotopic (exact) mass is 195 g/mol. The topological polar surface area (TPSA) is 57.5 Å². The molecular weight excluding hydrogens is 174 g/mol. The SMILES string of the molecule is C=C(C)c1ccccc1N.CCC.O. The van der Waals surface area contributed by atoms with Crippen molar-refractivity contribution in [3.05, 3.63) is 36.4 Å². The standard InChI is InChI=1S/C9H11N.C3H8.H2O/c1-7(2)8-5-3-4-6-9(8)10;1-3-2;/h3-6H,1,10H2,2H3;3H2,1-2H3;1H2. The summed E-state index contributed by atoms with van der Waals surface area (Å²) < 4.78 is 0. The number of nitrogen functional groups attached to an aromatic ring is 1. The average molecular weight is 195 g/mol. The molecule has 0 amide bonds. The normalized spacial score (nSPS) is 7.93. The van der Waals surface area contributed by atoms with Gasteiger partial charge in [0.15, 0.2) is 0 Å². The Balaban J connectivity index is 0. The van der Waals surface area contributed by atoms with Crippen LogP contribution in [0.2, 0.25) is 0 Å². The van der Waals surface area contributed by atoms with Gasteiger partial charge in [0.25, 0.3) is 0 Å². The van der Waals surface area contributed by atoms with Crippen LogP contribution in [0.4, 0.5) is 5.69 Å². The van der Waals surface area contributed by atoms with Gasteiger partial charge in [-0.1, -0.05) is 45.0 Å². The van der Waals surface area contributed by atoms with Crippen LogP contribution in [0.3, 0.4) is 0 Å². The first-order chi connectivity index (χ1) is 6.13. The van der Waals surface area contributed by atoms with Crippen LogP contribution in [0.15, 0.2) is 30.8 Å². The molecule has 1 aromatic rings. The van der Waals surface area contributed by atoms with Crippen LogP contribution in [0, 0.1) is 0 Å². The predicted molar refractivity (Wildman–Crippen MR) is 65.1 cm³/mol. The Morgan fingerprint density at radius 2 is 1.71 bits per heavy atom. The van der Waals surface area contributed by atoms with E-state index in [0.29, 0.717) is 0 Å². The summed E-state index contributed by atoms with van der Waals surface area (Å²) in [5.74, 6) is 0. The van der Waals surface area contributed by atoms with Crippen LogP contribution >= 0.6 is 0 Å². The summed E-state index contributed by atoms with van der Waals surface area (Å²) >= 11 is 0. The highest BCUT2D eigenvalue weighted by Gasteiger charge is 1.94. The fourth-order valence-corrected chi connectivity index (χ4v) is 0.886. The van der Waals surface area contributed by atoms with Crippen molar-refractivity contribution in [3.8, 4) is 0 Å². The van der Waals surface area contributed by atoms with Gasteiger partial charge in [0, 0.05) is 5.69 Å². The van der Waals surface area contributed by atoms with Gasteiger partial charge in [0.05, 0.1) is 0 Å². The Kier molecular flexibility index (Phi) is 9.04. The first-order valence-electron chi connectivity index (χ1n) is 4.63. The van der Waals surface area contributed by atoms with Crippen molar-refractivity contribution in [2.75, 3.05) is 5.73 Å². The molecule has 0 spiro atoms. The highest BCUT2D eigenvalue weighted by Crippen LogP contribution is 2.17. The zero-order valence-electron chi connectivity index (χ0n) is 9.30. The highest BCUT2D eigenvalue weighted by atomic mass is 16.0. The van der Waals surface area contributed by atoms with E-state index in [9.17, 15) is 0 Å². The minimum absolute atomic E-state index is 0. The van der Waals surface area contributed by atoms with E-state index in [-0.39, 0.29) is 5.48 Å². The molecule has 0 aliphatic heterocycles. The Bertz CT molecular complexity index is 269. The van der Waals surface area contributed by atoms with Crippen LogP contribution in [0.5, 0.6) is 0 Å². The smallest absolute Gasteiger partial charge is 0.0390 e. The average Bonchev–Trinajstić information content (AvgIpc) is 2.06. The van der Waals surface area contributed by atoms with Gasteiger partial charge < -0.3 is 11.2 Å². The van der Waals surface area contributed by atoms with E-state index in [1.165, 1.54) is 6.42 Å². The molecule has 0 aliphatic carbocycles. The number of rotatable bonds is 1. The molecule has 0 aromatic heterocycles. The lowest BCUT2D eigenvalue weighted by molar-refractivity contribution is 0.824. The van der Waals surface area contributed by atoms with Crippen molar-refractivity contribution >= 4 is 11.3 Å². The van der Waals surface area contributed by atoms with E-state index < -0.39 is 0 Å². The summed E-state index contributed by atoms with van der Waals surface area (Å²) in [6.07, 6.45) is 1.25. The number of hydrogen-bond acceptors (Lipinski definition) is 1. The van der Waals surface area contributed by atoms with Crippen molar-refractivity contribution in [1.29, 1.82) is 0 Å². The van der Waals surface area contributed by atoms with E-state index in [0.717, 1.165) is 16.8 Å². The van der Waals surface area contributed by atoms with Gasteiger partial charge in [-0.15, -0.1) is 0 Å². The summed E-state index contributed by atoms with van der Waals surface area (Å²) in [4.78, 5) is 0. The molecule has 80 valence electrons. The molecule has 0 fully saturated rings. The van der Waals surface area contributed by atoms with Crippen molar-refractivity contribution in [2.45, 2.75) is 27.2 Å². The molecular formula is C12H21NO. The van der Waals surface area contributed by atoms with Crippen LogP contribution < -0.4 is 5.73 Å². The van der Waals surface area contributed by atoms with Gasteiger partial charge in [-0.05, 0) is 24.1 Å². The Hall–Kier alpha value is -1.28. The molecule has 0 aliphatic rings. The maximum Gasteiger partial charge on any atom is 0.0390 e. The third kappa shape index (κ3) is 5.38. The second kappa shape index (κ2) is 8.32. The van der Waals surface area contributed by atoms with E-state index >= 15 is 0 Å². The number of para-hydroxylation sites is 1. The Labute approximate surface area is 86.8 Å². The molecule has 4 N–H and O–H groups in total. The largest absolute Gasteiger partial charge is 0.412 e. The minimum atomic E-state index is 0. The van der Waals surface area contributed by atoms with Crippen molar-refractivity contribution in [3.63, 3.8) is 0 Å². The van der Waals surface area contributed by atoms with Gasteiger partial charge in [-0.2, -0.15) is 0 Å². The summed E-state index contributed by atoms with van der Waals surface area (Å²) in [5, 5.41) is 0. The summed E-state index contributed by atoms with van der Waals surface area (Å²) in [6, 6.07) is 7.73. The van der Waals surface area contributed by atoms with Crippen LogP contribution in [-0.4, -0.2) is 5.48 Å². The molecule has 0 unspecified atom stereocenters. The van der Waals surface area contributed by atoms with Gasteiger partial charge in [0.2, 0.25) is 0 Å². The highest BCUT2D eigenvalue weighted by molar-refractivity contribution is 5.71. The summed E-state index contributed by atoms with van der Waals surface area (Å²) in [5.41, 5.74) is 8.52. The first kappa shape index (κ1) is 15.2. The Morgan fingerprint density at radius 3 is 2.00 bits per heavy atom. The predicted octanol–water partition coefficient (Wildman–Crippen LogP) is 2.89. The summed E-state index contributed by atoms with van der Waals surface area (Å²) in [7, 11) is 0. The van der Waals surface area contributed by atoms with Gasteiger partial charge >= 0.3 is 0 Å². The fraction of sp³-hybridized carbons (Fsp3) is 0.333. The molecule has 0 heterocycles. The number of hydrogen-bond donors (Lipinski definition) is 1. The number of nitrogens with two attached hydrogens (primary N) is 1. The van der Waals surface area contributed by atoms with Gasteiger partial charge in [-0.3, -0.25) is 0 Å². The zero-order chi connectivity index (χ0) is 10.3. The first-order valence-corrected chi connectivity index (χ1v) is 4.63. The third-order valence-corrected chi connectivity index (χ3v) is 1.42. The van der Waals surface area contributed by atoms with Crippen LogP contribution in [-0.2, 0) is 0 Å². The minimum Gasteiger partial charge on any atom is -0.412 e. The molecule has 1 rings (SSSR count). The molecule has 2 nitrogen and oxygen atoms in total. The molecule has 0 saturated carbocycles. The number of allylic oxidation sites excluding steroid dienone is 1. The third-order valence-electron chi connectivity index (χ3n) is 1.42. The fourth-order valence-electron chi connectivity index (χ4n) is 0.886. The molecule has 2 heteroatoms. The van der Waals surface area contributed by atoms with E-state index in [2.05, 4.69) is 20.4 Å².